The molecule has 0 saturated carbocycles. The topological polar surface area (TPSA) is 88.4 Å². The molecule has 0 spiro atoms. The molecule has 1 amide bonds. The number of carbonyl (C=O) groups excluding carboxylic acids is 1. The lowest BCUT2D eigenvalue weighted by Crippen LogP contribution is -2.51. The monoisotopic (exact) mass is 405 g/mol. The van der Waals surface area contributed by atoms with Crippen molar-refractivity contribution >= 4 is 47.6 Å². The second-order valence-corrected chi connectivity index (χ2v) is 5.74. The number of piperazine rings is 1. The maximum atomic E-state index is 12.2. The average Bonchev–Trinajstić information content (AvgIpc) is 3.00. The van der Waals surface area contributed by atoms with Crippen LogP contribution in [-0.4, -0.2) is 83.5 Å². The Balaban J connectivity index is 0.00000169. The minimum Gasteiger partial charge on any atom is -0.383 e. The van der Waals surface area contributed by atoms with E-state index in [0.29, 0.717) is 32.8 Å². The number of anilines is 1. The Morgan fingerprint density at radius 1 is 1.23 bits per heavy atom. The van der Waals surface area contributed by atoms with Gasteiger partial charge in [0.05, 0.1) is 24.7 Å². The standard InChI is InChI=1S/C15H23N7O2.2ClH/c1-20-14-12(9-19-20)15(18-11-17-14)22-6-4-21(5-7-22)13(23)10-16-3-8-24-2;;/h9,11,16H,3-8,10H2,1-2H3;2*1H. The summed E-state index contributed by atoms with van der Waals surface area (Å²) in [5, 5.41) is 8.28. The minimum atomic E-state index is 0. The summed E-state index contributed by atoms with van der Waals surface area (Å²) in [6.07, 6.45) is 3.36. The molecule has 0 radical (unpaired) electrons. The molecule has 146 valence electrons. The summed E-state index contributed by atoms with van der Waals surface area (Å²) in [7, 11) is 3.52. The van der Waals surface area contributed by atoms with Crippen LogP contribution < -0.4 is 10.2 Å². The van der Waals surface area contributed by atoms with Gasteiger partial charge in [-0.15, -0.1) is 24.8 Å². The SMILES string of the molecule is COCCNCC(=O)N1CCN(c2ncnc3c2cnn3C)CC1.Cl.Cl. The molecule has 1 saturated heterocycles. The number of hydrogen-bond acceptors (Lipinski definition) is 7. The molecule has 1 N–H and O–H groups in total. The Morgan fingerprint density at radius 3 is 2.65 bits per heavy atom. The molecule has 1 fully saturated rings. The van der Waals surface area contributed by atoms with Crippen molar-refractivity contribution in [3.05, 3.63) is 12.5 Å². The largest absolute Gasteiger partial charge is 0.383 e. The normalized spacial score (nSPS) is 14.1. The fourth-order valence-electron chi connectivity index (χ4n) is 2.85. The van der Waals surface area contributed by atoms with Crippen molar-refractivity contribution in [2.24, 2.45) is 7.05 Å². The Kier molecular flexibility index (Phi) is 9.00. The van der Waals surface area contributed by atoms with Crippen LogP contribution in [0.25, 0.3) is 11.0 Å². The summed E-state index contributed by atoms with van der Waals surface area (Å²) in [6.45, 7) is 4.53. The average molecular weight is 406 g/mol. The van der Waals surface area contributed by atoms with Crippen molar-refractivity contribution in [3.63, 3.8) is 0 Å². The van der Waals surface area contributed by atoms with E-state index in [0.717, 1.165) is 29.9 Å². The zero-order valence-electron chi connectivity index (χ0n) is 14.9. The Morgan fingerprint density at radius 2 is 1.96 bits per heavy atom. The molecule has 0 atom stereocenters. The number of hydrogen-bond donors (Lipinski definition) is 1. The van der Waals surface area contributed by atoms with E-state index in [2.05, 4.69) is 25.3 Å². The maximum Gasteiger partial charge on any atom is 0.236 e. The van der Waals surface area contributed by atoms with Gasteiger partial charge in [0.25, 0.3) is 0 Å². The molecule has 26 heavy (non-hydrogen) atoms. The van der Waals surface area contributed by atoms with Crippen LogP contribution >= 0.6 is 24.8 Å². The molecule has 11 heteroatoms. The Hall–Kier alpha value is -1.68. The molecule has 9 nitrogen and oxygen atoms in total. The number of carbonyl (C=O) groups is 1. The van der Waals surface area contributed by atoms with Gasteiger partial charge in [-0.2, -0.15) is 5.10 Å². The minimum absolute atomic E-state index is 0. The summed E-state index contributed by atoms with van der Waals surface area (Å²) >= 11 is 0. The van der Waals surface area contributed by atoms with E-state index in [1.54, 1.807) is 24.3 Å². The first-order chi connectivity index (χ1) is 11.7. The number of aryl methyl sites for hydroxylation is 1. The summed E-state index contributed by atoms with van der Waals surface area (Å²) < 4.78 is 6.70. The van der Waals surface area contributed by atoms with Crippen molar-refractivity contribution in [2.45, 2.75) is 0 Å². The number of rotatable bonds is 6. The third-order valence-corrected chi connectivity index (χ3v) is 4.20. The highest BCUT2D eigenvalue weighted by Gasteiger charge is 2.23. The first-order valence-electron chi connectivity index (χ1n) is 8.06. The first-order valence-corrected chi connectivity index (χ1v) is 8.06. The molecule has 0 bridgehead atoms. The predicted octanol–water partition coefficient (Wildman–Crippen LogP) is 0.0915. The molecular formula is C15H25Cl2N7O2. The van der Waals surface area contributed by atoms with Gasteiger partial charge in [0, 0.05) is 46.9 Å². The van der Waals surface area contributed by atoms with E-state index in [9.17, 15) is 4.79 Å². The van der Waals surface area contributed by atoms with Crippen LogP contribution in [0.3, 0.4) is 0 Å². The van der Waals surface area contributed by atoms with Gasteiger partial charge in [-0.1, -0.05) is 0 Å². The molecule has 3 heterocycles. The summed E-state index contributed by atoms with van der Waals surface area (Å²) in [5.41, 5.74) is 0.820. The number of methoxy groups -OCH3 is 1. The Bertz CT molecular complexity index is 704. The molecule has 0 aliphatic carbocycles. The molecule has 2 aromatic heterocycles. The number of aromatic nitrogens is 4. The van der Waals surface area contributed by atoms with Crippen LogP contribution in [0.1, 0.15) is 0 Å². The smallest absolute Gasteiger partial charge is 0.236 e. The van der Waals surface area contributed by atoms with Crippen LogP contribution in [0.5, 0.6) is 0 Å². The lowest BCUT2D eigenvalue weighted by Gasteiger charge is -2.35. The van der Waals surface area contributed by atoms with Crippen molar-refractivity contribution in [1.29, 1.82) is 0 Å². The Labute approximate surface area is 164 Å². The highest BCUT2D eigenvalue weighted by atomic mass is 35.5. The molecule has 0 aromatic carbocycles. The van der Waals surface area contributed by atoms with Crippen LogP contribution in [0.15, 0.2) is 12.5 Å². The molecular weight excluding hydrogens is 381 g/mol. The lowest BCUT2D eigenvalue weighted by atomic mass is 10.2. The van der Waals surface area contributed by atoms with Gasteiger partial charge in [-0.3, -0.25) is 9.48 Å². The van der Waals surface area contributed by atoms with E-state index in [1.807, 2.05) is 11.9 Å². The first kappa shape index (κ1) is 22.4. The maximum absolute atomic E-state index is 12.2. The van der Waals surface area contributed by atoms with Gasteiger partial charge in [-0.05, 0) is 0 Å². The van der Waals surface area contributed by atoms with Crippen molar-refractivity contribution < 1.29 is 9.53 Å². The molecule has 1 aliphatic rings. The highest BCUT2D eigenvalue weighted by molar-refractivity contribution is 5.87. The van der Waals surface area contributed by atoms with E-state index >= 15 is 0 Å². The number of nitrogens with one attached hydrogen (secondary N) is 1. The van der Waals surface area contributed by atoms with E-state index in [4.69, 9.17) is 4.74 Å². The fourth-order valence-corrected chi connectivity index (χ4v) is 2.85. The number of fused-ring (bicyclic) bond motifs is 1. The molecule has 0 unspecified atom stereocenters. The van der Waals surface area contributed by atoms with E-state index in [-0.39, 0.29) is 30.7 Å². The number of halogens is 2. The van der Waals surface area contributed by atoms with Crippen LogP contribution in [0.4, 0.5) is 5.82 Å². The quantitative estimate of drug-likeness (QED) is 0.681. The second kappa shape index (κ2) is 10.5. The van der Waals surface area contributed by atoms with Crippen LogP contribution in [0, 0.1) is 0 Å². The summed E-state index contributed by atoms with van der Waals surface area (Å²) in [5.74, 6) is 1.01. The number of amides is 1. The summed E-state index contributed by atoms with van der Waals surface area (Å²) in [4.78, 5) is 24.9. The zero-order valence-corrected chi connectivity index (χ0v) is 16.6. The lowest BCUT2D eigenvalue weighted by molar-refractivity contribution is -0.130. The number of nitrogens with zero attached hydrogens (tertiary/aromatic N) is 6. The van der Waals surface area contributed by atoms with Crippen molar-refractivity contribution in [2.75, 3.05) is 57.9 Å². The highest BCUT2D eigenvalue weighted by Crippen LogP contribution is 2.23. The summed E-state index contributed by atoms with van der Waals surface area (Å²) in [6, 6.07) is 0. The van der Waals surface area contributed by atoms with Gasteiger partial charge in [0.2, 0.25) is 5.91 Å². The number of ether oxygens (including phenoxy) is 1. The predicted molar refractivity (Wildman–Crippen MR) is 104 cm³/mol. The van der Waals surface area contributed by atoms with Gasteiger partial charge >= 0.3 is 0 Å². The van der Waals surface area contributed by atoms with Gasteiger partial charge < -0.3 is 19.9 Å². The third kappa shape index (κ3) is 4.94. The van der Waals surface area contributed by atoms with Crippen molar-refractivity contribution in [3.8, 4) is 0 Å². The molecule has 1 aliphatic heterocycles. The van der Waals surface area contributed by atoms with Crippen molar-refractivity contribution in [1.82, 2.24) is 30.0 Å². The molecule has 3 rings (SSSR count). The third-order valence-electron chi connectivity index (χ3n) is 4.20. The van der Waals surface area contributed by atoms with Gasteiger partial charge in [-0.25, -0.2) is 9.97 Å². The van der Waals surface area contributed by atoms with Crippen LogP contribution in [0.2, 0.25) is 0 Å². The van der Waals surface area contributed by atoms with E-state index in [1.165, 1.54) is 0 Å². The fraction of sp³-hybridized carbons (Fsp3) is 0.600. The second-order valence-electron chi connectivity index (χ2n) is 5.74. The van der Waals surface area contributed by atoms with E-state index < -0.39 is 0 Å². The molecule has 2 aromatic rings. The van der Waals surface area contributed by atoms with Gasteiger partial charge in [0.15, 0.2) is 5.65 Å². The van der Waals surface area contributed by atoms with Gasteiger partial charge in [0.1, 0.15) is 12.1 Å². The zero-order chi connectivity index (χ0) is 16.9. The van der Waals surface area contributed by atoms with Crippen LogP contribution in [-0.2, 0) is 16.6 Å².